The molecule has 90 valence electrons. The quantitative estimate of drug-likeness (QED) is 0.529. The van der Waals surface area contributed by atoms with E-state index in [9.17, 15) is 9.59 Å². The van der Waals surface area contributed by atoms with Crippen molar-refractivity contribution in [3.63, 3.8) is 0 Å². The molecule has 0 radical (unpaired) electrons. The Kier molecular flexibility index (Phi) is 4.68. The fourth-order valence-corrected chi connectivity index (χ4v) is 1.81. The molecule has 1 heterocycles. The third kappa shape index (κ3) is 3.45. The average Bonchev–Trinajstić information content (AvgIpc) is 2.24. The molecule has 0 bridgehead atoms. The molecule has 1 aliphatic rings. The van der Waals surface area contributed by atoms with Crippen molar-refractivity contribution in [3.05, 3.63) is 12.2 Å². The van der Waals surface area contributed by atoms with Gasteiger partial charge < -0.3 is 4.74 Å². The molecule has 1 saturated heterocycles. The predicted octanol–water partition coefficient (Wildman–Crippen LogP) is 1.02. The van der Waals surface area contributed by atoms with Gasteiger partial charge in [-0.15, -0.1) is 0 Å². The zero-order valence-electron chi connectivity index (χ0n) is 9.99. The van der Waals surface area contributed by atoms with Crippen LogP contribution in [0.15, 0.2) is 12.2 Å². The fourth-order valence-electron chi connectivity index (χ4n) is 1.81. The van der Waals surface area contributed by atoms with E-state index in [0.717, 1.165) is 0 Å². The standard InChI is InChI=1S/C12H19NO3/c1-4-16-12(15)10(3)8-13-6-5-11(14)9(2)7-13/h9H,3-8H2,1-2H3. The first-order chi connectivity index (χ1) is 7.54. The van der Waals surface area contributed by atoms with E-state index < -0.39 is 0 Å². The monoisotopic (exact) mass is 225 g/mol. The predicted molar refractivity (Wildman–Crippen MR) is 61.0 cm³/mol. The minimum Gasteiger partial charge on any atom is -0.463 e. The highest BCUT2D eigenvalue weighted by Crippen LogP contribution is 2.13. The number of carbonyl (C=O) groups excluding carboxylic acids is 2. The number of likely N-dealkylation sites (tertiary alicyclic amines) is 1. The van der Waals surface area contributed by atoms with Crippen molar-refractivity contribution in [3.8, 4) is 0 Å². The zero-order valence-corrected chi connectivity index (χ0v) is 9.99. The van der Waals surface area contributed by atoms with Crippen LogP contribution in [0, 0.1) is 5.92 Å². The van der Waals surface area contributed by atoms with Gasteiger partial charge in [0.1, 0.15) is 5.78 Å². The number of carbonyl (C=O) groups is 2. The summed E-state index contributed by atoms with van der Waals surface area (Å²) in [6, 6.07) is 0. The molecular weight excluding hydrogens is 206 g/mol. The summed E-state index contributed by atoms with van der Waals surface area (Å²) >= 11 is 0. The van der Waals surface area contributed by atoms with E-state index in [1.165, 1.54) is 0 Å². The van der Waals surface area contributed by atoms with Crippen LogP contribution in [0.1, 0.15) is 20.3 Å². The molecular formula is C12H19NO3. The third-order valence-electron chi connectivity index (χ3n) is 2.73. The number of hydrogen-bond acceptors (Lipinski definition) is 4. The van der Waals surface area contributed by atoms with E-state index in [0.29, 0.717) is 44.0 Å². The van der Waals surface area contributed by atoms with Crippen LogP contribution in [0.3, 0.4) is 0 Å². The number of nitrogens with zero attached hydrogens (tertiary/aromatic N) is 1. The second-order valence-corrected chi connectivity index (χ2v) is 4.18. The first kappa shape index (κ1) is 12.9. The lowest BCUT2D eigenvalue weighted by atomic mass is 9.98. The fraction of sp³-hybridized carbons (Fsp3) is 0.667. The topological polar surface area (TPSA) is 46.6 Å². The van der Waals surface area contributed by atoms with Crippen LogP contribution in [0.4, 0.5) is 0 Å². The van der Waals surface area contributed by atoms with E-state index in [4.69, 9.17) is 4.74 Å². The summed E-state index contributed by atoms with van der Waals surface area (Å²) in [7, 11) is 0. The van der Waals surface area contributed by atoms with E-state index in [1.807, 2.05) is 6.92 Å². The Bertz CT molecular complexity index is 299. The minimum atomic E-state index is -0.341. The van der Waals surface area contributed by atoms with Gasteiger partial charge in [0.15, 0.2) is 0 Å². The smallest absolute Gasteiger partial charge is 0.334 e. The molecule has 0 saturated carbocycles. The number of ketones is 1. The average molecular weight is 225 g/mol. The van der Waals surface area contributed by atoms with Gasteiger partial charge in [-0.25, -0.2) is 4.79 Å². The van der Waals surface area contributed by atoms with Crippen LogP contribution in [0.25, 0.3) is 0 Å². The van der Waals surface area contributed by atoms with Crippen molar-refractivity contribution in [2.75, 3.05) is 26.2 Å². The maximum absolute atomic E-state index is 11.3. The van der Waals surface area contributed by atoms with Gasteiger partial charge in [0.05, 0.1) is 6.61 Å². The van der Waals surface area contributed by atoms with Crippen molar-refractivity contribution >= 4 is 11.8 Å². The molecule has 0 spiro atoms. The van der Waals surface area contributed by atoms with Crippen molar-refractivity contribution in [2.45, 2.75) is 20.3 Å². The van der Waals surface area contributed by atoms with Crippen molar-refractivity contribution in [1.82, 2.24) is 4.90 Å². The molecule has 1 rings (SSSR count). The van der Waals surface area contributed by atoms with E-state index in [-0.39, 0.29) is 11.9 Å². The van der Waals surface area contributed by atoms with Gasteiger partial charge >= 0.3 is 5.97 Å². The highest BCUT2D eigenvalue weighted by molar-refractivity contribution is 5.88. The minimum absolute atomic E-state index is 0.0590. The van der Waals surface area contributed by atoms with Crippen molar-refractivity contribution in [2.24, 2.45) is 5.92 Å². The summed E-state index contributed by atoms with van der Waals surface area (Å²) in [6.07, 6.45) is 0.567. The van der Waals surface area contributed by atoms with Crippen LogP contribution in [-0.2, 0) is 14.3 Å². The lowest BCUT2D eigenvalue weighted by Gasteiger charge is -2.29. The Labute approximate surface area is 96.3 Å². The highest BCUT2D eigenvalue weighted by Gasteiger charge is 2.24. The van der Waals surface area contributed by atoms with Crippen LogP contribution in [0.5, 0.6) is 0 Å². The molecule has 1 unspecified atom stereocenters. The molecule has 1 aliphatic heterocycles. The van der Waals surface area contributed by atoms with Crippen LogP contribution in [0.2, 0.25) is 0 Å². The molecule has 4 nitrogen and oxygen atoms in total. The Hall–Kier alpha value is -1.16. The summed E-state index contributed by atoms with van der Waals surface area (Å²) in [5, 5.41) is 0. The highest BCUT2D eigenvalue weighted by atomic mass is 16.5. The summed E-state index contributed by atoms with van der Waals surface area (Å²) in [4.78, 5) is 24.7. The van der Waals surface area contributed by atoms with Gasteiger partial charge in [0, 0.05) is 37.5 Å². The third-order valence-corrected chi connectivity index (χ3v) is 2.73. The second kappa shape index (κ2) is 5.80. The Morgan fingerprint density at radius 1 is 1.62 bits per heavy atom. The molecule has 1 fully saturated rings. The number of hydrogen-bond donors (Lipinski definition) is 0. The molecule has 1 atom stereocenters. The molecule has 0 N–H and O–H groups in total. The van der Waals surface area contributed by atoms with Gasteiger partial charge in [-0.1, -0.05) is 13.5 Å². The van der Waals surface area contributed by atoms with E-state index in [2.05, 4.69) is 11.5 Å². The van der Waals surface area contributed by atoms with Crippen LogP contribution < -0.4 is 0 Å². The van der Waals surface area contributed by atoms with Crippen molar-refractivity contribution < 1.29 is 14.3 Å². The second-order valence-electron chi connectivity index (χ2n) is 4.18. The Balaban J connectivity index is 2.40. The van der Waals surface area contributed by atoms with Crippen LogP contribution >= 0.6 is 0 Å². The number of ether oxygens (including phenoxy) is 1. The van der Waals surface area contributed by atoms with E-state index >= 15 is 0 Å². The van der Waals surface area contributed by atoms with Gasteiger partial charge in [-0.05, 0) is 6.92 Å². The maximum Gasteiger partial charge on any atom is 0.334 e. The molecule has 4 heteroatoms. The molecule has 0 aromatic heterocycles. The maximum atomic E-state index is 11.3. The first-order valence-corrected chi connectivity index (χ1v) is 5.64. The summed E-state index contributed by atoms with van der Waals surface area (Å²) in [5.41, 5.74) is 0.461. The number of esters is 1. The lowest BCUT2D eigenvalue weighted by Crippen LogP contribution is -2.41. The zero-order chi connectivity index (χ0) is 12.1. The largest absolute Gasteiger partial charge is 0.463 e. The SMILES string of the molecule is C=C(CN1CCC(=O)C(C)C1)C(=O)OCC. The Morgan fingerprint density at radius 2 is 2.31 bits per heavy atom. The van der Waals surface area contributed by atoms with Gasteiger partial charge in [0.25, 0.3) is 0 Å². The summed E-state index contributed by atoms with van der Waals surface area (Å²) in [5.74, 6) is 0.0220. The van der Waals surface area contributed by atoms with Gasteiger partial charge in [-0.2, -0.15) is 0 Å². The number of rotatable bonds is 4. The van der Waals surface area contributed by atoms with Gasteiger partial charge in [-0.3, -0.25) is 9.69 Å². The molecule has 0 aliphatic carbocycles. The van der Waals surface area contributed by atoms with Crippen molar-refractivity contribution in [1.29, 1.82) is 0 Å². The van der Waals surface area contributed by atoms with Crippen LogP contribution in [-0.4, -0.2) is 42.9 Å². The number of Topliss-reactive ketones (excluding diaryl/α,β-unsaturated/α-hetero) is 1. The molecule has 0 aromatic rings. The molecule has 0 amide bonds. The normalized spacial score (nSPS) is 21.9. The summed E-state index contributed by atoms with van der Waals surface area (Å²) in [6.45, 7) is 9.68. The lowest BCUT2D eigenvalue weighted by molar-refractivity contribution is -0.138. The Morgan fingerprint density at radius 3 is 2.88 bits per heavy atom. The van der Waals surface area contributed by atoms with E-state index in [1.54, 1.807) is 6.92 Å². The number of piperidine rings is 1. The summed E-state index contributed by atoms with van der Waals surface area (Å²) < 4.78 is 4.86. The van der Waals surface area contributed by atoms with Gasteiger partial charge in [0.2, 0.25) is 0 Å². The molecule has 16 heavy (non-hydrogen) atoms. The first-order valence-electron chi connectivity index (χ1n) is 5.64. The molecule has 0 aromatic carbocycles.